The van der Waals surface area contributed by atoms with Crippen LogP contribution in [0, 0.1) is 17.6 Å². The smallest absolute Gasteiger partial charge is 0.256 e. The molecule has 1 aliphatic heterocycles. The van der Waals surface area contributed by atoms with Crippen LogP contribution in [-0.4, -0.2) is 29.8 Å². The fraction of sp³-hybridized carbons (Fsp3) is 0.462. The number of hydrogen-bond acceptors (Lipinski definition) is 1. The minimum atomic E-state index is -0.794. The van der Waals surface area contributed by atoms with Crippen LogP contribution < -0.4 is 0 Å². The summed E-state index contributed by atoms with van der Waals surface area (Å²) in [6.07, 6.45) is 1.67. The van der Waals surface area contributed by atoms with Gasteiger partial charge in [-0.3, -0.25) is 4.79 Å². The van der Waals surface area contributed by atoms with Crippen molar-refractivity contribution in [1.29, 1.82) is 0 Å². The molecule has 6 heteroatoms. The summed E-state index contributed by atoms with van der Waals surface area (Å²) in [7, 11) is 0. The Kier molecular flexibility index (Phi) is 4.63. The summed E-state index contributed by atoms with van der Waals surface area (Å²) in [6.45, 7) is 1.08. The number of rotatable bonds is 3. The molecule has 2 nitrogen and oxygen atoms in total. The van der Waals surface area contributed by atoms with Gasteiger partial charge < -0.3 is 4.90 Å². The molecule has 1 aliphatic rings. The van der Waals surface area contributed by atoms with Crippen molar-refractivity contribution in [2.75, 3.05) is 19.0 Å². The quantitative estimate of drug-likeness (QED) is 0.616. The van der Waals surface area contributed by atoms with Crippen molar-refractivity contribution < 1.29 is 13.6 Å². The summed E-state index contributed by atoms with van der Waals surface area (Å²) in [5.41, 5.74) is -0.270. The molecule has 0 bridgehead atoms. The van der Waals surface area contributed by atoms with Gasteiger partial charge in [-0.1, -0.05) is 11.6 Å². The number of carbonyl (C=O) groups is 1. The molecule has 1 saturated heterocycles. The molecular formula is C13H13Cl2F2NO. The van der Waals surface area contributed by atoms with Crippen molar-refractivity contribution in [3.8, 4) is 0 Å². The van der Waals surface area contributed by atoms with Crippen LogP contribution in [0.2, 0.25) is 5.02 Å². The van der Waals surface area contributed by atoms with E-state index in [4.69, 9.17) is 23.2 Å². The highest BCUT2D eigenvalue weighted by molar-refractivity contribution is 6.30. The third-order valence-corrected chi connectivity index (χ3v) is 3.84. The van der Waals surface area contributed by atoms with E-state index in [1.165, 1.54) is 4.90 Å². The topological polar surface area (TPSA) is 20.3 Å². The van der Waals surface area contributed by atoms with Crippen LogP contribution in [0.15, 0.2) is 12.1 Å². The molecule has 0 N–H and O–H groups in total. The van der Waals surface area contributed by atoms with Gasteiger partial charge in [0.2, 0.25) is 0 Å². The summed E-state index contributed by atoms with van der Waals surface area (Å²) in [4.78, 5) is 13.7. The molecular weight excluding hydrogens is 295 g/mol. The van der Waals surface area contributed by atoms with Gasteiger partial charge in [0, 0.05) is 19.0 Å². The first kappa shape index (κ1) is 14.5. The summed E-state index contributed by atoms with van der Waals surface area (Å²) < 4.78 is 27.0. The zero-order valence-corrected chi connectivity index (χ0v) is 11.6. The van der Waals surface area contributed by atoms with Crippen molar-refractivity contribution in [2.45, 2.75) is 12.8 Å². The SMILES string of the molecule is O=C(c1cc(F)c(Cl)cc1F)N1CCC(CCCl)C1. The molecule has 1 atom stereocenters. The average molecular weight is 308 g/mol. The molecule has 104 valence electrons. The van der Waals surface area contributed by atoms with E-state index in [-0.39, 0.29) is 10.6 Å². The fourth-order valence-electron chi connectivity index (χ4n) is 2.26. The summed E-state index contributed by atoms with van der Waals surface area (Å²) in [5, 5.41) is -0.324. The fourth-order valence-corrected chi connectivity index (χ4v) is 2.72. The van der Waals surface area contributed by atoms with Crippen LogP contribution in [0.1, 0.15) is 23.2 Å². The molecule has 1 aromatic rings. The molecule has 0 radical (unpaired) electrons. The summed E-state index contributed by atoms with van der Waals surface area (Å²) in [5.74, 6) is -1.21. The molecule has 1 heterocycles. The Morgan fingerprint density at radius 1 is 1.37 bits per heavy atom. The minimum Gasteiger partial charge on any atom is -0.338 e. The van der Waals surface area contributed by atoms with Crippen molar-refractivity contribution in [3.05, 3.63) is 34.4 Å². The Hall–Kier alpha value is -0.870. The van der Waals surface area contributed by atoms with Crippen molar-refractivity contribution in [2.24, 2.45) is 5.92 Å². The second-order valence-corrected chi connectivity index (χ2v) is 5.41. The Bertz CT molecular complexity index is 496. The summed E-state index contributed by atoms with van der Waals surface area (Å²) >= 11 is 11.1. The number of amides is 1. The van der Waals surface area contributed by atoms with Gasteiger partial charge in [-0.15, -0.1) is 11.6 Å². The number of benzene rings is 1. The zero-order valence-electron chi connectivity index (χ0n) is 10.1. The third kappa shape index (κ3) is 3.18. The van der Waals surface area contributed by atoms with E-state index in [0.717, 1.165) is 25.0 Å². The van der Waals surface area contributed by atoms with Crippen LogP contribution in [0.5, 0.6) is 0 Å². The van der Waals surface area contributed by atoms with E-state index in [2.05, 4.69) is 0 Å². The molecule has 1 unspecified atom stereocenters. The predicted octanol–water partition coefficient (Wildman–Crippen LogP) is 3.71. The largest absolute Gasteiger partial charge is 0.338 e. The van der Waals surface area contributed by atoms with Crippen molar-refractivity contribution >= 4 is 29.1 Å². The molecule has 0 saturated carbocycles. The van der Waals surface area contributed by atoms with E-state index in [1.54, 1.807) is 0 Å². The van der Waals surface area contributed by atoms with E-state index >= 15 is 0 Å². The van der Waals surface area contributed by atoms with E-state index in [0.29, 0.717) is 24.9 Å². The van der Waals surface area contributed by atoms with E-state index in [1.807, 2.05) is 0 Å². The van der Waals surface area contributed by atoms with Gasteiger partial charge in [-0.2, -0.15) is 0 Å². The van der Waals surface area contributed by atoms with Crippen LogP contribution in [-0.2, 0) is 0 Å². The Morgan fingerprint density at radius 2 is 2.11 bits per heavy atom. The molecule has 0 aromatic heterocycles. The van der Waals surface area contributed by atoms with E-state index < -0.39 is 17.5 Å². The summed E-state index contributed by atoms with van der Waals surface area (Å²) in [6, 6.07) is 1.69. The van der Waals surface area contributed by atoms with Crippen LogP contribution in [0.25, 0.3) is 0 Å². The van der Waals surface area contributed by atoms with Crippen molar-refractivity contribution in [3.63, 3.8) is 0 Å². The lowest BCUT2D eigenvalue weighted by atomic mass is 10.1. The van der Waals surface area contributed by atoms with Gasteiger partial charge in [-0.25, -0.2) is 8.78 Å². The minimum absolute atomic E-state index is 0.270. The monoisotopic (exact) mass is 307 g/mol. The highest BCUT2D eigenvalue weighted by Gasteiger charge is 2.28. The van der Waals surface area contributed by atoms with Crippen LogP contribution >= 0.6 is 23.2 Å². The van der Waals surface area contributed by atoms with E-state index in [9.17, 15) is 13.6 Å². The van der Waals surface area contributed by atoms with Gasteiger partial charge in [0.15, 0.2) is 0 Å². The molecule has 1 fully saturated rings. The number of alkyl halides is 1. The lowest BCUT2D eigenvalue weighted by Crippen LogP contribution is -2.29. The molecule has 19 heavy (non-hydrogen) atoms. The lowest BCUT2D eigenvalue weighted by molar-refractivity contribution is 0.0781. The maximum Gasteiger partial charge on any atom is 0.256 e. The number of hydrogen-bond donors (Lipinski definition) is 0. The maximum absolute atomic E-state index is 13.7. The first-order valence-electron chi connectivity index (χ1n) is 6.02. The van der Waals surface area contributed by atoms with Crippen LogP contribution in [0.4, 0.5) is 8.78 Å². The van der Waals surface area contributed by atoms with Gasteiger partial charge in [0.1, 0.15) is 11.6 Å². The highest BCUT2D eigenvalue weighted by atomic mass is 35.5. The predicted molar refractivity (Wildman–Crippen MR) is 70.7 cm³/mol. The Balaban J connectivity index is 2.15. The molecule has 1 amide bonds. The number of halogens is 4. The first-order valence-corrected chi connectivity index (χ1v) is 6.94. The van der Waals surface area contributed by atoms with Crippen molar-refractivity contribution in [1.82, 2.24) is 4.90 Å². The molecule has 2 rings (SSSR count). The molecule has 0 spiro atoms. The van der Waals surface area contributed by atoms with Gasteiger partial charge in [0.05, 0.1) is 10.6 Å². The number of carbonyl (C=O) groups excluding carboxylic acids is 1. The standard InChI is InChI=1S/C13H13Cl2F2NO/c14-3-1-8-2-4-18(7-8)13(19)9-5-12(17)10(15)6-11(9)16/h5-6,8H,1-4,7H2. The van der Waals surface area contributed by atoms with Crippen LogP contribution in [0.3, 0.4) is 0 Å². The number of nitrogens with zero attached hydrogens (tertiary/aromatic N) is 1. The number of likely N-dealkylation sites (tertiary alicyclic amines) is 1. The Morgan fingerprint density at radius 3 is 2.79 bits per heavy atom. The maximum atomic E-state index is 13.7. The normalized spacial score (nSPS) is 18.9. The molecule has 0 aliphatic carbocycles. The van der Waals surface area contributed by atoms with Gasteiger partial charge >= 0.3 is 0 Å². The lowest BCUT2D eigenvalue weighted by Gasteiger charge is -2.17. The zero-order chi connectivity index (χ0) is 14.0. The first-order chi connectivity index (χ1) is 9.02. The second kappa shape index (κ2) is 6.06. The highest BCUT2D eigenvalue weighted by Crippen LogP contribution is 2.25. The second-order valence-electron chi connectivity index (χ2n) is 4.63. The molecule has 1 aromatic carbocycles. The van der Waals surface area contributed by atoms with Gasteiger partial charge in [-0.05, 0) is 30.9 Å². The van der Waals surface area contributed by atoms with Gasteiger partial charge in [0.25, 0.3) is 5.91 Å². The Labute approximate surface area is 120 Å². The third-order valence-electron chi connectivity index (χ3n) is 3.33. The average Bonchev–Trinajstić information content (AvgIpc) is 2.82.